The molecule has 22 heavy (non-hydrogen) atoms. The number of hydrogen-bond acceptors (Lipinski definition) is 6. The molecular formula is C16H31N3O3. The van der Waals surface area contributed by atoms with E-state index in [1.807, 2.05) is 13.8 Å². The van der Waals surface area contributed by atoms with Gasteiger partial charge < -0.3 is 20.5 Å². The van der Waals surface area contributed by atoms with Crippen LogP contribution in [0.4, 0.5) is 0 Å². The number of likely N-dealkylation sites (N-methyl/N-ethyl adjacent to an activating group) is 1. The highest BCUT2D eigenvalue weighted by molar-refractivity contribution is 5.83. The molecule has 1 unspecified atom stereocenters. The van der Waals surface area contributed by atoms with Crippen molar-refractivity contribution in [2.45, 2.75) is 77.0 Å². The molecule has 0 aromatic rings. The monoisotopic (exact) mass is 313 g/mol. The van der Waals surface area contributed by atoms with Crippen LogP contribution in [0.3, 0.4) is 0 Å². The molecule has 6 nitrogen and oxygen atoms in total. The molecular weight excluding hydrogens is 282 g/mol. The Hall–Kier alpha value is -1.30. The van der Waals surface area contributed by atoms with Gasteiger partial charge in [-0.2, -0.15) is 0 Å². The van der Waals surface area contributed by atoms with Crippen LogP contribution in [0.15, 0.2) is 4.99 Å². The largest absolute Gasteiger partial charge is 0.458 e. The normalized spacial score (nSPS) is 26.2. The number of aliphatic hydroxyl groups is 1. The summed E-state index contributed by atoms with van der Waals surface area (Å²) >= 11 is 0. The molecule has 0 aromatic heterocycles. The second kappa shape index (κ2) is 8.98. The first-order valence-electron chi connectivity index (χ1n) is 8.24. The van der Waals surface area contributed by atoms with E-state index in [0.29, 0.717) is 6.42 Å². The van der Waals surface area contributed by atoms with E-state index in [2.05, 4.69) is 4.99 Å². The maximum atomic E-state index is 12.0. The number of carbonyl (C=O) groups excluding carboxylic acids is 1. The first-order chi connectivity index (χ1) is 10.3. The number of nitrogens with two attached hydrogens (primary N) is 1. The molecule has 0 saturated heterocycles. The second-order valence-electron chi connectivity index (χ2n) is 6.72. The minimum atomic E-state index is -0.803. The summed E-state index contributed by atoms with van der Waals surface area (Å²) in [5, 5.41) is 9.85. The van der Waals surface area contributed by atoms with Crippen molar-refractivity contribution in [3.8, 4) is 0 Å². The Labute approximate surface area is 133 Å². The van der Waals surface area contributed by atoms with Gasteiger partial charge in [-0.15, -0.1) is 0 Å². The van der Waals surface area contributed by atoms with Crippen LogP contribution in [0.2, 0.25) is 0 Å². The summed E-state index contributed by atoms with van der Waals surface area (Å²) in [4.78, 5) is 17.5. The van der Waals surface area contributed by atoms with E-state index >= 15 is 0 Å². The van der Waals surface area contributed by atoms with Gasteiger partial charge in [-0.1, -0.05) is 25.7 Å². The Balaban J connectivity index is 2.69. The third-order valence-electron chi connectivity index (χ3n) is 3.92. The number of nitrogens with zero attached hydrogens (tertiary/aromatic N) is 2. The predicted octanol–water partition coefficient (Wildman–Crippen LogP) is 2.01. The smallest absolute Gasteiger partial charge is 0.326 e. The Bertz CT molecular complexity index is 383. The van der Waals surface area contributed by atoms with Crippen molar-refractivity contribution in [3.05, 3.63) is 0 Å². The van der Waals surface area contributed by atoms with Crippen LogP contribution < -0.4 is 5.73 Å². The van der Waals surface area contributed by atoms with Gasteiger partial charge >= 0.3 is 5.97 Å². The summed E-state index contributed by atoms with van der Waals surface area (Å²) in [5.41, 5.74) is 5.35. The van der Waals surface area contributed by atoms with Crippen LogP contribution in [-0.4, -0.2) is 47.4 Å². The summed E-state index contributed by atoms with van der Waals surface area (Å²) < 4.78 is 5.53. The molecule has 0 saturated carbocycles. The number of guanidine groups is 1. The Morgan fingerprint density at radius 3 is 2.50 bits per heavy atom. The molecule has 3 N–H and O–H groups in total. The van der Waals surface area contributed by atoms with Gasteiger partial charge in [-0.3, -0.25) is 4.79 Å². The van der Waals surface area contributed by atoms with E-state index in [9.17, 15) is 9.90 Å². The van der Waals surface area contributed by atoms with Crippen molar-refractivity contribution in [1.82, 2.24) is 4.90 Å². The van der Waals surface area contributed by atoms with Gasteiger partial charge in [0.15, 0.2) is 5.96 Å². The van der Waals surface area contributed by atoms with Crippen LogP contribution in [0.5, 0.6) is 0 Å². The summed E-state index contributed by atoms with van der Waals surface area (Å²) in [6.07, 6.45) is 7.24. The van der Waals surface area contributed by atoms with Crippen molar-refractivity contribution >= 4 is 11.9 Å². The molecule has 0 aromatic carbocycles. The molecule has 6 heteroatoms. The van der Waals surface area contributed by atoms with Gasteiger partial charge in [0.25, 0.3) is 0 Å². The van der Waals surface area contributed by atoms with Crippen LogP contribution in [0.1, 0.15) is 65.2 Å². The van der Waals surface area contributed by atoms with Gasteiger partial charge in [-0.25, -0.2) is 4.99 Å². The molecule has 1 aliphatic rings. The zero-order chi connectivity index (χ0) is 16.6. The zero-order valence-corrected chi connectivity index (χ0v) is 14.2. The Morgan fingerprint density at radius 2 is 1.82 bits per heavy atom. The number of cyclic esters (lactones) is 1. The second-order valence-corrected chi connectivity index (χ2v) is 6.72. The highest BCUT2D eigenvalue weighted by atomic mass is 16.6. The van der Waals surface area contributed by atoms with Crippen LogP contribution >= 0.6 is 0 Å². The summed E-state index contributed by atoms with van der Waals surface area (Å²) in [6, 6.07) is 0. The summed E-state index contributed by atoms with van der Waals surface area (Å²) in [6.45, 7) is 3.91. The van der Waals surface area contributed by atoms with Crippen LogP contribution in [0, 0.1) is 0 Å². The zero-order valence-electron chi connectivity index (χ0n) is 14.2. The van der Waals surface area contributed by atoms with E-state index in [1.165, 1.54) is 11.3 Å². The Morgan fingerprint density at radius 1 is 1.23 bits per heavy atom. The molecule has 0 bridgehead atoms. The number of rotatable bonds is 0. The lowest BCUT2D eigenvalue weighted by atomic mass is 9.99. The average Bonchev–Trinajstić information content (AvgIpc) is 2.39. The molecule has 1 aliphatic heterocycles. The minimum absolute atomic E-state index is 0.0332. The lowest BCUT2D eigenvalue weighted by molar-refractivity contribution is -0.157. The van der Waals surface area contributed by atoms with E-state index in [4.69, 9.17) is 10.5 Å². The molecule has 0 radical (unpaired) electrons. The fourth-order valence-electron chi connectivity index (χ4n) is 2.57. The van der Waals surface area contributed by atoms with Gasteiger partial charge in [0.05, 0.1) is 0 Å². The molecule has 0 aliphatic carbocycles. The molecule has 0 spiro atoms. The first-order valence-corrected chi connectivity index (χ1v) is 8.24. The van der Waals surface area contributed by atoms with Gasteiger partial charge in [0, 0.05) is 7.05 Å². The Kier molecular flexibility index (Phi) is 7.65. The van der Waals surface area contributed by atoms with Crippen molar-refractivity contribution < 1.29 is 14.6 Å². The molecule has 1 rings (SSSR count). The number of hydrogen-bond donors (Lipinski definition) is 2. The highest BCUT2D eigenvalue weighted by Crippen LogP contribution is 2.20. The number of carbonyl (C=O) groups is 1. The fourth-order valence-corrected chi connectivity index (χ4v) is 2.57. The quantitative estimate of drug-likeness (QED) is 0.668. The van der Waals surface area contributed by atoms with Crippen LogP contribution in [-0.2, 0) is 9.53 Å². The minimum Gasteiger partial charge on any atom is -0.458 e. The summed E-state index contributed by atoms with van der Waals surface area (Å²) in [5.74, 6) is -0.165. The van der Waals surface area contributed by atoms with Crippen molar-refractivity contribution in [2.75, 3.05) is 13.6 Å². The molecule has 0 fully saturated rings. The van der Waals surface area contributed by atoms with E-state index < -0.39 is 11.8 Å². The molecule has 1 heterocycles. The number of aliphatic hydroxyl groups excluding tert-OH is 1. The maximum Gasteiger partial charge on any atom is 0.326 e. The third kappa shape index (κ3) is 7.64. The standard InChI is InChI=1S/C16H31N3O3/c1-16(2)11-9-7-5-4-6-8-10-13(20)18-15(17)19(3)12-14(21)22-16/h13,20H,4-12H2,1-3H3,(H2,17,18). The lowest BCUT2D eigenvalue weighted by Gasteiger charge is -2.27. The van der Waals surface area contributed by atoms with Gasteiger partial charge in [0.2, 0.25) is 0 Å². The SMILES string of the molecule is CN1CC(=O)OC(C)(C)CCCCCCCCC(O)N=C1N. The van der Waals surface area contributed by atoms with Crippen LogP contribution in [0.25, 0.3) is 0 Å². The van der Waals surface area contributed by atoms with Crippen molar-refractivity contribution in [1.29, 1.82) is 0 Å². The number of ether oxygens (including phenoxy) is 1. The predicted molar refractivity (Wildman–Crippen MR) is 87.4 cm³/mol. The lowest BCUT2D eigenvalue weighted by Crippen LogP contribution is -2.41. The van der Waals surface area contributed by atoms with Gasteiger partial charge in [0.1, 0.15) is 18.4 Å². The van der Waals surface area contributed by atoms with Gasteiger partial charge in [-0.05, 0) is 39.5 Å². The van der Waals surface area contributed by atoms with Crippen molar-refractivity contribution in [3.63, 3.8) is 0 Å². The first kappa shape index (κ1) is 18.7. The maximum absolute atomic E-state index is 12.0. The third-order valence-corrected chi connectivity index (χ3v) is 3.92. The fraction of sp³-hybridized carbons (Fsp3) is 0.875. The number of esters is 1. The summed E-state index contributed by atoms with van der Waals surface area (Å²) in [7, 11) is 1.67. The van der Waals surface area contributed by atoms with E-state index in [0.717, 1.165) is 38.5 Å². The molecule has 128 valence electrons. The number of aliphatic imine (C=N–C) groups is 1. The van der Waals surface area contributed by atoms with E-state index in [-0.39, 0.29) is 18.5 Å². The molecule has 1 atom stereocenters. The topological polar surface area (TPSA) is 88.2 Å². The average molecular weight is 313 g/mol. The molecule has 0 amide bonds. The van der Waals surface area contributed by atoms with E-state index in [1.54, 1.807) is 7.05 Å². The van der Waals surface area contributed by atoms with Crippen molar-refractivity contribution in [2.24, 2.45) is 10.7 Å². The highest BCUT2D eigenvalue weighted by Gasteiger charge is 2.23.